The molecule has 0 bridgehead atoms. The fourth-order valence-electron chi connectivity index (χ4n) is 1.57. The first-order chi connectivity index (χ1) is 9.13. The summed E-state index contributed by atoms with van der Waals surface area (Å²) in [6.45, 7) is 0. The maximum Gasteiger partial charge on any atom is 0.326 e. The van der Waals surface area contributed by atoms with E-state index in [1.165, 1.54) is 0 Å². The number of amides is 1. The fourth-order valence-corrected chi connectivity index (χ4v) is 2.04. The van der Waals surface area contributed by atoms with Crippen LogP contribution in [0.2, 0.25) is 0 Å². The molecule has 1 amide bonds. The summed E-state index contributed by atoms with van der Waals surface area (Å²) in [6.07, 6.45) is 6.56. The summed E-state index contributed by atoms with van der Waals surface area (Å²) < 4.78 is 0. The molecule has 104 valence electrons. The van der Waals surface area contributed by atoms with Crippen LogP contribution >= 0.6 is 11.8 Å². The summed E-state index contributed by atoms with van der Waals surface area (Å²) in [6, 6.07) is 2.89. The second kappa shape index (κ2) is 8.53. The molecule has 0 saturated carbocycles. The number of aromatic nitrogens is 1. The van der Waals surface area contributed by atoms with Crippen molar-refractivity contribution in [3.05, 3.63) is 30.1 Å². The molecule has 1 aromatic heterocycles. The molecule has 0 aliphatic carbocycles. The molecule has 0 aliphatic rings. The summed E-state index contributed by atoms with van der Waals surface area (Å²) in [5.74, 6) is -0.502. The number of carbonyl (C=O) groups is 2. The molecular weight excluding hydrogens is 264 g/mol. The quantitative estimate of drug-likeness (QED) is 0.752. The van der Waals surface area contributed by atoms with E-state index in [2.05, 4.69) is 10.3 Å². The molecule has 0 aliphatic heterocycles. The van der Waals surface area contributed by atoms with Crippen molar-refractivity contribution in [2.45, 2.75) is 25.3 Å². The third-order valence-electron chi connectivity index (χ3n) is 2.63. The van der Waals surface area contributed by atoms with Crippen LogP contribution in [0.1, 0.15) is 18.4 Å². The van der Waals surface area contributed by atoms with Gasteiger partial charge >= 0.3 is 5.97 Å². The second-order valence-corrected chi connectivity index (χ2v) is 5.08. The molecular formula is C13H18N2O3S. The van der Waals surface area contributed by atoms with Crippen molar-refractivity contribution in [3.63, 3.8) is 0 Å². The Bertz CT molecular complexity index is 412. The minimum absolute atomic E-state index is 0.231. The topological polar surface area (TPSA) is 79.3 Å². The van der Waals surface area contributed by atoms with E-state index < -0.39 is 12.0 Å². The van der Waals surface area contributed by atoms with Gasteiger partial charge in [-0.15, -0.1) is 0 Å². The van der Waals surface area contributed by atoms with Crippen LogP contribution in [0.3, 0.4) is 0 Å². The van der Waals surface area contributed by atoms with Gasteiger partial charge in [0.1, 0.15) is 6.04 Å². The number of aryl methyl sites for hydroxylation is 1. The van der Waals surface area contributed by atoms with Gasteiger partial charge in [0.2, 0.25) is 5.91 Å². The van der Waals surface area contributed by atoms with Gasteiger partial charge in [-0.3, -0.25) is 9.78 Å². The van der Waals surface area contributed by atoms with Crippen molar-refractivity contribution in [2.75, 3.05) is 12.0 Å². The summed E-state index contributed by atoms with van der Waals surface area (Å²) in [5.41, 5.74) is 1.01. The average Bonchev–Trinajstić information content (AvgIpc) is 2.42. The number of carboxylic acids is 1. The molecule has 1 rings (SSSR count). The maximum absolute atomic E-state index is 11.7. The fraction of sp³-hybridized carbons (Fsp3) is 0.462. The highest BCUT2D eigenvalue weighted by molar-refractivity contribution is 7.98. The Balaban J connectivity index is 2.38. The van der Waals surface area contributed by atoms with Crippen LogP contribution in [-0.2, 0) is 16.0 Å². The van der Waals surface area contributed by atoms with Crippen molar-refractivity contribution in [3.8, 4) is 0 Å². The Kier molecular flexibility index (Phi) is 6.95. The summed E-state index contributed by atoms with van der Waals surface area (Å²) >= 11 is 1.56. The molecule has 0 aromatic carbocycles. The van der Waals surface area contributed by atoms with Crippen LogP contribution in [0.4, 0.5) is 0 Å². The lowest BCUT2D eigenvalue weighted by atomic mass is 10.1. The van der Waals surface area contributed by atoms with Crippen LogP contribution in [0.15, 0.2) is 24.5 Å². The first-order valence-electron chi connectivity index (χ1n) is 6.03. The zero-order chi connectivity index (χ0) is 14.1. The van der Waals surface area contributed by atoms with Gasteiger partial charge in [-0.2, -0.15) is 11.8 Å². The number of hydrogen-bond donors (Lipinski definition) is 2. The average molecular weight is 282 g/mol. The van der Waals surface area contributed by atoms with E-state index in [9.17, 15) is 9.59 Å². The van der Waals surface area contributed by atoms with Crippen LogP contribution in [0.5, 0.6) is 0 Å². The predicted octanol–water partition coefficient (Wildman–Crippen LogP) is 1.34. The number of nitrogens with one attached hydrogen (secondary N) is 1. The van der Waals surface area contributed by atoms with Gasteiger partial charge in [0.25, 0.3) is 0 Å². The van der Waals surface area contributed by atoms with Crippen molar-refractivity contribution < 1.29 is 14.7 Å². The number of carbonyl (C=O) groups excluding carboxylic acids is 1. The third kappa shape index (κ3) is 6.24. The van der Waals surface area contributed by atoms with Gasteiger partial charge in [-0.1, -0.05) is 0 Å². The Morgan fingerprint density at radius 2 is 2.11 bits per heavy atom. The van der Waals surface area contributed by atoms with E-state index in [4.69, 9.17) is 5.11 Å². The van der Waals surface area contributed by atoms with E-state index in [1.807, 2.05) is 18.4 Å². The van der Waals surface area contributed by atoms with Crippen molar-refractivity contribution in [1.29, 1.82) is 0 Å². The zero-order valence-corrected chi connectivity index (χ0v) is 11.7. The Labute approximate surface area is 116 Å². The van der Waals surface area contributed by atoms with Crippen molar-refractivity contribution in [2.24, 2.45) is 0 Å². The largest absolute Gasteiger partial charge is 0.480 e. The Morgan fingerprint density at radius 1 is 1.42 bits per heavy atom. The number of nitrogens with zero attached hydrogens (tertiary/aromatic N) is 1. The number of hydrogen-bond acceptors (Lipinski definition) is 4. The van der Waals surface area contributed by atoms with E-state index >= 15 is 0 Å². The molecule has 0 saturated heterocycles. The molecule has 1 atom stereocenters. The normalized spacial score (nSPS) is 11.8. The van der Waals surface area contributed by atoms with Gasteiger partial charge < -0.3 is 10.4 Å². The first-order valence-corrected chi connectivity index (χ1v) is 7.43. The SMILES string of the molecule is CSCCC(NC(=O)CCc1ccncc1)C(=O)O. The Hall–Kier alpha value is -1.56. The first kappa shape index (κ1) is 15.5. The highest BCUT2D eigenvalue weighted by atomic mass is 32.2. The predicted molar refractivity (Wildman–Crippen MR) is 75.1 cm³/mol. The van der Waals surface area contributed by atoms with Crippen molar-refractivity contribution >= 4 is 23.6 Å². The number of aliphatic carboxylic acids is 1. The smallest absolute Gasteiger partial charge is 0.326 e. The monoisotopic (exact) mass is 282 g/mol. The summed E-state index contributed by atoms with van der Waals surface area (Å²) in [4.78, 5) is 26.6. The molecule has 5 nitrogen and oxygen atoms in total. The number of thioether (sulfide) groups is 1. The van der Waals surface area contributed by atoms with Crippen LogP contribution in [0.25, 0.3) is 0 Å². The highest BCUT2D eigenvalue weighted by Gasteiger charge is 2.18. The summed E-state index contributed by atoms with van der Waals surface area (Å²) in [5, 5.41) is 11.6. The van der Waals surface area contributed by atoms with Gasteiger partial charge in [-0.05, 0) is 42.5 Å². The minimum Gasteiger partial charge on any atom is -0.480 e. The van der Waals surface area contributed by atoms with E-state index in [1.54, 1.807) is 24.2 Å². The standard InChI is InChI=1S/C13H18N2O3S/c1-19-9-6-11(13(17)18)15-12(16)3-2-10-4-7-14-8-5-10/h4-5,7-8,11H,2-3,6,9H2,1H3,(H,15,16)(H,17,18). The van der Waals surface area contributed by atoms with Gasteiger partial charge in [0.15, 0.2) is 0 Å². The van der Waals surface area contributed by atoms with Crippen LogP contribution in [0, 0.1) is 0 Å². The third-order valence-corrected chi connectivity index (χ3v) is 3.28. The van der Waals surface area contributed by atoms with Gasteiger partial charge in [0.05, 0.1) is 0 Å². The second-order valence-electron chi connectivity index (χ2n) is 4.10. The molecule has 0 fully saturated rings. The molecule has 1 unspecified atom stereocenters. The van der Waals surface area contributed by atoms with E-state index in [-0.39, 0.29) is 12.3 Å². The van der Waals surface area contributed by atoms with Gasteiger partial charge in [-0.25, -0.2) is 4.79 Å². The molecule has 2 N–H and O–H groups in total. The minimum atomic E-state index is -0.980. The molecule has 1 aromatic rings. The lowest BCUT2D eigenvalue weighted by Gasteiger charge is -2.13. The molecule has 0 radical (unpaired) electrons. The van der Waals surface area contributed by atoms with Gasteiger partial charge in [0, 0.05) is 18.8 Å². The zero-order valence-electron chi connectivity index (χ0n) is 10.8. The molecule has 0 spiro atoms. The number of rotatable bonds is 8. The highest BCUT2D eigenvalue weighted by Crippen LogP contribution is 2.04. The Morgan fingerprint density at radius 3 is 2.68 bits per heavy atom. The molecule has 6 heteroatoms. The van der Waals surface area contributed by atoms with E-state index in [0.717, 1.165) is 5.56 Å². The lowest BCUT2D eigenvalue weighted by Crippen LogP contribution is -2.41. The summed E-state index contributed by atoms with van der Waals surface area (Å²) in [7, 11) is 0. The van der Waals surface area contributed by atoms with Crippen LogP contribution in [-0.4, -0.2) is 40.0 Å². The number of carboxylic acid groups (broad SMARTS) is 1. The van der Waals surface area contributed by atoms with Crippen molar-refractivity contribution in [1.82, 2.24) is 10.3 Å². The lowest BCUT2D eigenvalue weighted by molar-refractivity contribution is -0.141. The molecule has 1 heterocycles. The number of pyridine rings is 1. The molecule has 19 heavy (non-hydrogen) atoms. The van der Waals surface area contributed by atoms with E-state index in [0.29, 0.717) is 18.6 Å². The maximum atomic E-state index is 11.7. The van der Waals surface area contributed by atoms with Crippen LogP contribution < -0.4 is 5.32 Å².